The largest absolute Gasteiger partial charge is 0.493 e. The van der Waals surface area contributed by atoms with Gasteiger partial charge in [0.1, 0.15) is 0 Å². The van der Waals surface area contributed by atoms with Crippen molar-refractivity contribution < 1.29 is 14.2 Å². The standard InChI is InChI=1S/C19H33N3O3/c1-15(2)9-12-25-13-11-22-19(20-3)21-10-8-16-6-7-17(23-4)18(14-16)24-5/h6-7,14-15H,8-13H2,1-5H3,(H2,20,21,22). The van der Waals surface area contributed by atoms with Gasteiger partial charge in [-0.1, -0.05) is 19.9 Å². The van der Waals surface area contributed by atoms with Crippen LogP contribution in [0.4, 0.5) is 0 Å². The minimum atomic E-state index is 0.680. The molecular weight excluding hydrogens is 318 g/mol. The summed E-state index contributed by atoms with van der Waals surface area (Å²) >= 11 is 0. The molecule has 0 amide bonds. The van der Waals surface area contributed by atoms with Crippen LogP contribution in [-0.4, -0.2) is 53.5 Å². The predicted molar refractivity (Wildman–Crippen MR) is 103 cm³/mol. The van der Waals surface area contributed by atoms with E-state index in [1.807, 2.05) is 18.2 Å². The van der Waals surface area contributed by atoms with E-state index in [4.69, 9.17) is 14.2 Å². The number of hydrogen-bond donors (Lipinski definition) is 2. The van der Waals surface area contributed by atoms with Crippen molar-refractivity contribution in [2.75, 3.05) is 47.6 Å². The SMILES string of the molecule is CN=C(NCCOCCC(C)C)NCCc1ccc(OC)c(OC)c1. The Hall–Kier alpha value is -1.95. The summed E-state index contributed by atoms with van der Waals surface area (Å²) < 4.78 is 16.2. The smallest absolute Gasteiger partial charge is 0.191 e. The molecule has 0 radical (unpaired) electrons. The van der Waals surface area contributed by atoms with Gasteiger partial charge in [-0.3, -0.25) is 4.99 Å². The first-order chi connectivity index (χ1) is 12.1. The van der Waals surface area contributed by atoms with Crippen molar-refractivity contribution >= 4 is 5.96 Å². The first-order valence-corrected chi connectivity index (χ1v) is 8.83. The minimum Gasteiger partial charge on any atom is -0.493 e. The van der Waals surface area contributed by atoms with E-state index in [1.165, 1.54) is 5.56 Å². The summed E-state index contributed by atoms with van der Waals surface area (Å²) in [6.07, 6.45) is 1.96. The molecule has 25 heavy (non-hydrogen) atoms. The van der Waals surface area contributed by atoms with Crippen molar-refractivity contribution in [2.24, 2.45) is 10.9 Å². The molecule has 0 saturated carbocycles. The Morgan fingerprint density at radius 3 is 2.40 bits per heavy atom. The molecule has 0 bridgehead atoms. The molecule has 0 unspecified atom stereocenters. The van der Waals surface area contributed by atoms with Gasteiger partial charge in [-0.2, -0.15) is 0 Å². The van der Waals surface area contributed by atoms with Crippen LogP contribution in [0.15, 0.2) is 23.2 Å². The zero-order valence-electron chi connectivity index (χ0n) is 16.2. The van der Waals surface area contributed by atoms with Gasteiger partial charge in [0.15, 0.2) is 17.5 Å². The lowest BCUT2D eigenvalue weighted by Crippen LogP contribution is -2.39. The van der Waals surface area contributed by atoms with Gasteiger partial charge in [-0.25, -0.2) is 0 Å². The predicted octanol–water partition coefficient (Wildman–Crippen LogP) is 2.47. The summed E-state index contributed by atoms with van der Waals surface area (Å²) in [6, 6.07) is 5.97. The number of nitrogens with zero attached hydrogens (tertiary/aromatic N) is 1. The highest BCUT2D eigenvalue weighted by Crippen LogP contribution is 2.27. The van der Waals surface area contributed by atoms with Crippen LogP contribution < -0.4 is 20.1 Å². The fourth-order valence-corrected chi connectivity index (χ4v) is 2.24. The fourth-order valence-electron chi connectivity index (χ4n) is 2.24. The molecule has 6 nitrogen and oxygen atoms in total. The van der Waals surface area contributed by atoms with Crippen molar-refractivity contribution in [2.45, 2.75) is 26.7 Å². The molecule has 2 N–H and O–H groups in total. The van der Waals surface area contributed by atoms with Crippen molar-refractivity contribution in [1.82, 2.24) is 10.6 Å². The third-order valence-electron chi connectivity index (χ3n) is 3.76. The van der Waals surface area contributed by atoms with E-state index >= 15 is 0 Å². The first-order valence-electron chi connectivity index (χ1n) is 8.83. The van der Waals surface area contributed by atoms with E-state index in [-0.39, 0.29) is 0 Å². The van der Waals surface area contributed by atoms with E-state index in [9.17, 15) is 0 Å². The molecule has 0 aliphatic heterocycles. The summed E-state index contributed by atoms with van der Waals surface area (Å²) in [7, 11) is 5.06. The van der Waals surface area contributed by atoms with Crippen LogP contribution in [0.25, 0.3) is 0 Å². The third kappa shape index (κ3) is 8.63. The molecule has 0 saturated heterocycles. The van der Waals surface area contributed by atoms with Crippen LogP contribution in [0, 0.1) is 5.92 Å². The Morgan fingerprint density at radius 2 is 1.76 bits per heavy atom. The second-order valence-electron chi connectivity index (χ2n) is 6.16. The van der Waals surface area contributed by atoms with Crippen molar-refractivity contribution in [1.29, 1.82) is 0 Å². The van der Waals surface area contributed by atoms with Gasteiger partial charge >= 0.3 is 0 Å². The third-order valence-corrected chi connectivity index (χ3v) is 3.76. The van der Waals surface area contributed by atoms with Crippen LogP contribution in [0.1, 0.15) is 25.8 Å². The average molecular weight is 351 g/mol. The van der Waals surface area contributed by atoms with Gasteiger partial charge < -0.3 is 24.8 Å². The molecule has 142 valence electrons. The molecule has 0 spiro atoms. The average Bonchev–Trinajstić information content (AvgIpc) is 2.62. The highest BCUT2D eigenvalue weighted by atomic mass is 16.5. The van der Waals surface area contributed by atoms with Crippen LogP contribution in [0.5, 0.6) is 11.5 Å². The van der Waals surface area contributed by atoms with Gasteiger partial charge in [0.05, 0.1) is 20.8 Å². The zero-order chi connectivity index (χ0) is 18.5. The zero-order valence-corrected chi connectivity index (χ0v) is 16.2. The van der Waals surface area contributed by atoms with Crippen LogP contribution in [0.2, 0.25) is 0 Å². The summed E-state index contributed by atoms with van der Waals surface area (Å²) in [5.41, 5.74) is 1.18. The van der Waals surface area contributed by atoms with Crippen molar-refractivity contribution in [3.63, 3.8) is 0 Å². The molecule has 0 heterocycles. The van der Waals surface area contributed by atoms with Crippen molar-refractivity contribution in [3.8, 4) is 11.5 Å². The first kappa shape index (κ1) is 21.1. The lowest BCUT2D eigenvalue weighted by atomic mass is 10.1. The molecular formula is C19H33N3O3. The quantitative estimate of drug-likeness (QED) is 0.364. The molecule has 1 rings (SSSR count). The van der Waals surface area contributed by atoms with Gasteiger partial charge in [-0.05, 0) is 36.5 Å². The maximum Gasteiger partial charge on any atom is 0.191 e. The Bertz CT molecular complexity index is 519. The highest BCUT2D eigenvalue weighted by Gasteiger charge is 2.05. The highest BCUT2D eigenvalue weighted by molar-refractivity contribution is 5.79. The van der Waals surface area contributed by atoms with Crippen LogP contribution >= 0.6 is 0 Å². The monoisotopic (exact) mass is 351 g/mol. The van der Waals surface area contributed by atoms with E-state index in [0.29, 0.717) is 12.5 Å². The summed E-state index contributed by atoms with van der Waals surface area (Å²) in [5, 5.41) is 6.56. The second-order valence-corrected chi connectivity index (χ2v) is 6.16. The number of methoxy groups -OCH3 is 2. The van der Waals surface area contributed by atoms with Gasteiger partial charge in [-0.15, -0.1) is 0 Å². The molecule has 1 aromatic rings. The Balaban J connectivity index is 2.27. The normalized spacial score (nSPS) is 11.5. The van der Waals surface area contributed by atoms with E-state index in [0.717, 1.165) is 50.0 Å². The van der Waals surface area contributed by atoms with Gasteiger partial charge in [0, 0.05) is 26.7 Å². The molecule has 0 aliphatic carbocycles. The van der Waals surface area contributed by atoms with Gasteiger partial charge in [0.25, 0.3) is 0 Å². The number of aliphatic imine (C=N–C) groups is 1. The van der Waals surface area contributed by atoms with E-state index in [1.54, 1.807) is 21.3 Å². The number of hydrogen-bond acceptors (Lipinski definition) is 4. The summed E-state index contributed by atoms with van der Waals surface area (Å²) in [4.78, 5) is 4.22. The topological polar surface area (TPSA) is 64.1 Å². The summed E-state index contributed by atoms with van der Waals surface area (Å²) in [6.45, 7) is 7.42. The van der Waals surface area contributed by atoms with Crippen LogP contribution in [0.3, 0.4) is 0 Å². The maximum atomic E-state index is 5.59. The molecule has 0 atom stereocenters. The second kappa shape index (κ2) is 12.4. The van der Waals surface area contributed by atoms with Gasteiger partial charge in [0.2, 0.25) is 0 Å². The molecule has 0 aliphatic rings. The lowest BCUT2D eigenvalue weighted by Gasteiger charge is -2.13. The number of nitrogens with one attached hydrogen (secondary N) is 2. The Morgan fingerprint density at radius 1 is 1.04 bits per heavy atom. The molecule has 6 heteroatoms. The molecule has 0 aromatic heterocycles. The number of benzene rings is 1. The maximum absolute atomic E-state index is 5.59. The fraction of sp³-hybridized carbons (Fsp3) is 0.632. The van der Waals surface area contributed by atoms with E-state index < -0.39 is 0 Å². The Kier molecular flexibility index (Phi) is 10.5. The lowest BCUT2D eigenvalue weighted by molar-refractivity contribution is 0.128. The number of rotatable bonds is 11. The van der Waals surface area contributed by atoms with E-state index in [2.05, 4.69) is 29.5 Å². The minimum absolute atomic E-state index is 0.680. The molecule has 1 aromatic carbocycles. The number of ether oxygens (including phenoxy) is 3. The van der Waals surface area contributed by atoms with Crippen molar-refractivity contribution in [3.05, 3.63) is 23.8 Å². The van der Waals surface area contributed by atoms with Crippen LogP contribution in [-0.2, 0) is 11.2 Å². The Labute approximate surface area is 152 Å². The number of guanidine groups is 1. The summed E-state index contributed by atoms with van der Waals surface area (Å²) in [5.74, 6) is 2.96. The molecule has 0 fully saturated rings.